The van der Waals surface area contributed by atoms with E-state index in [1.165, 1.54) is 18.3 Å². The summed E-state index contributed by atoms with van der Waals surface area (Å²) in [5.41, 5.74) is 22.9. The fourth-order valence-corrected chi connectivity index (χ4v) is 2.61. The van der Waals surface area contributed by atoms with Crippen LogP contribution in [0.5, 0.6) is 23.0 Å². The van der Waals surface area contributed by atoms with Crippen molar-refractivity contribution < 1.29 is 19.7 Å². The molecule has 0 aromatic heterocycles. The Balaban J connectivity index is 1.97. The molecule has 2 aromatic carbocycles. The largest absolute Gasteiger partial charge is 0.504 e. The lowest BCUT2D eigenvalue weighted by atomic mass is 10.1. The molecule has 0 bridgehead atoms. The number of hydrogen-bond donors (Lipinski definition) is 6. The van der Waals surface area contributed by atoms with Gasteiger partial charge in [0.25, 0.3) is 0 Å². The number of phenolic OH excluding ortho intramolecular Hbond substituents is 2. The van der Waals surface area contributed by atoms with Crippen LogP contribution in [0.15, 0.2) is 52.6 Å². The summed E-state index contributed by atoms with van der Waals surface area (Å²) in [5.74, 6) is 0.0818. The molecular formula is C18H20N6O4. The van der Waals surface area contributed by atoms with Gasteiger partial charge in [0.15, 0.2) is 41.0 Å². The van der Waals surface area contributed by atoms with Crippen molar-refractivity contribution in [1.82, 2.24) is 0 Å². The lowest BCUT2D eigenvalue weighted by Crippen LogP contribution is -2.35. The molecule has 0 radical (unpaired) electrons. The van der Waals surface area contributed by atoms with Gasteiger partial charge in [-0.15, -0.1) is 0 Å². The maximum atomic E-state index is 9.81. The van der Waals surface area contributed by atoms with Crippen molar-refractivity contribution in [1.29, 1.82) is 0 Å². The Labute approximate surface area is 160 Å². The zero-order valence-corrected chi connectivity index (χ0v) is 14.7. The number of nitrogens with two attached hydrogens (primary N) is 4. The van der Waals surface area contributed by atoms with Gasteiger partial charge >= 0.3 is 0 Å². The lowest BCUT2D eigenvalue weighted by Gasteiger charge is -2.32. The molecular weight excluding hydrogens is 364 g/mol. The van der Waals surface area contributed by atoms with Gasteiger partial charge in [0.1, 0.15) is 0 Å². The van der Waals surface area contributed by atoms with Crippen LogP contribution in [-0.4, -0.2) is 28.4 Å². The van der Waals surface area contributed by atoms with Crippen LogP contribution in [0.1, 0.15) is 17.2 Å². The molecule has 2 aromatic rings. The minimum Gasteiger partial charge on any atom is -0.504 e. The van der Waals surface area contributed by atoms with Crippen LogP contribution in [0, 0.1) is 0 Å². The van der Waals surface area contributed by atoms with E-state index in [0.29, 0.717) is 17.1 Å². The molecule has 10 N–H and O–H groups in total. The second-order valence-corrected chi connectivity index (χ2v) is 5.92. The number of guanidine groups is 2. The van der Waals surface area contributed by atoms with Crippen LogP contribution >= 0.6 is 0 Å². The van der Waals surface area contributed by atoms with Gasteiger partial charge in [-0.2, -0.15) is 0 Å². The predicted octanol–water partition coefficient (Wildman–Crippen LogP) is 0.454. The standard InChI is InChI=1S/C18H20N6O4/c19-17(20)23-6-5-9-1-4-13-14(7-9)27-15(16(28-13)24-18(21)22)10-2-3-11(25)12(26)8-10/h1-8,15-16,25-26H,(H4,19,20,23)(H4,21,22,24)/b6-5+/t15-,16-/m1/s1. The van der Waals surface area contributed by atoms with Crippen LogP contribution < -0.4 is 32.4 Å². The summed E-state index contributed by atoms with van der Waals surface area (Å²) in [6.45, 7) is 0. The number of hydrogen-bond acceptors (Lipinski definition) is 6. The number of aromatic hydroxyl groups is 2. The van der Waals surface area contributed by atoms with E-state index < -0.39 is 12.3 Å². The fourth-order valence-electron chi connectivity index (χ4n) is 2.61. The monoisotopic (exact) mass is 384 g/mol. The van der Waals surface area contributed by atoms with Crippen LogP contribution in [0.4, 0.5) is 0 Å². The highest BCUT2D eigenvalue weighted by Crippen LogP contribution is 2.42. The molecule has 1 aliphatic heterocycles. The molecule has 146 valence electrons. The van der Waals surface area contributed by atoms with E-state index >= 15 is 0 Å². The minimum atomic E-state index is -0.885. The maximum absolute atomic E-state index is 9.81. The van der Waals surface area contributed by atoms with Crippen molar-refractivity contribution in [3.63, 3.8) is 0 Å². The summed E-state index contributed by atoms with van der Waals surface area (Å²) in [6.07, 6.45) is 1.49. The van der Waals surface area contributed by atoms with Gasteiger partial charge in [0, 0.05) is 11.8 Å². The number of phenols is 2. The van der Waals surface area contributed by atoms with Gasteiger partial charge in [-0.3, -0.25) is 0 Å². The van der Waals surface area contributed by atoms with Gasteiger partial charge in [-0.25, -0.2) is 9.98 Å². The Kier molecular flexibility index (Phi) is 5.12. The number of fused-ring (bicyclic) bond motifs is 1. The summed E-state index contributed by atoms with van der Waals surface area (Å²) in [4.78, 5) is 7.84. The Bertz CT molecular complexity index is 965. The number of nitrogens with zero attached hydrogens (tertiary/aromatic N) is 2. The van der Waals surface area contributed by atoms with E-state index in [0.717, 1.165) is 5.56 Å². The number of benzene rings is 2. The number of aliphatic imine (C=N–C) groups is 2. The van der Waals surface area contributed by atoms with E-state index in [9.17, 15) is 10.2 Å². The highest BCUT2D eigenvalue weighted by Gasteiger charge is 2.33. The van der Waals surface area contributed by atoms with Crippen molar-refractivity contribution in [2.75, 3.05) is 0 Å². The topological polar surface area (TPSA) is 188 Å². The first kappa shape index (κ1) is 18.7. The second kappa shape index (κ2) is 7.66. The molecule has 0 aliphatic carbocycles. The van der Waals surface area contributed by atoms with Gasteiger partial charge in [-0.05, 0) is 35.9 Å². The molecule has 0 saturated carbocycles. The zero-order chi connectivity index (χ0) is 20.3. The van der Waals surface area contributed by atoms with Crippen LogP contribution in [0.3, 0.4) is 0 Å². The maximum Gasteiger partial charge on any atom is 0.234 e. The van der Waals surface area contributed by atoms with Crippen LogP contribution in [0.2, 0.25) is 0 Å². The number of ether oxygens (including phenoxy) is 2. The first-order valence-electron chi connectivity index (χ1n) is 8.17. The SMILES string of the molecule is NC(N)=N/C=C/c1ccc2c(c1)O[C@H](c1ccc(O)c(O)c1)[C@H](N=C(N)N)O2. The Morgan fingerprint density at radius 2 is 1.68 bits per heavy atom. The van der Waals surface area contributed by atoms with Crippen LogP contribution in [-0.2, 0) is 0 Å². The van der Waals surface area contributed by atoms with Crippen molar-refractivity contribution in [2.45, 2.75) is 12.3 Å². The highest BCUT2D eigenvalue weighted by molar-refractivity contribution is 5.77. The second-order valence-electron chi connectivity index (χ2n) is 5.92. The summed E-state index contributed by atoms with van der Waals surface area (Å²) in [5, 5.41) is 19.4. The molecule has 1 aliphatic rings. The normalized spacial score (nSPS) is 17.9. The third-order valence-corrected chi connectivity index (χ3v) is 3.82. The molecule has 0 amide bonds. The summed E-state index contributed by atoms with van der Waals surface area (Å²) >= 11 is 0. The summed E-state index contributed by atoms with van der Waals surface area (Å²) in [7, 11) is 0. The average Bonchev–Trinajstić information content (AvgIpc) is 2.63. The van der Waals surface area contributed by atoms with E-state index in [4.69, 9.17) is 32.4 Å². The molecule has 0 unspecified atom stereocenters. The molecule has 3 rings (SSSR count). The van der Waals surface area contributed by atoms with Crippen molar-refractivity contribution in [2.24, 2.45) is 32.9 Å². The fraction of sp³-hybridized carbons (Fsp3) is 0.111. The van der Waals surface area contributed by atoms with Crippen molar-refractivity contribution >= 4 is 18.0 Å². The van der Waals surface area contributed by atoms with Gasteiger partial charge < -0.3 is 42.6 Å². The Morgan fingerprint density at radius 3 is 2.36 bits per heavy atom. The van der Waals surface area contributed by atoms with Gasteiger partial charge in [-0.1, -0.05) is 12.1 Å². The van der Waals surface area contributed by atoms with Gasteiger partial charge in [0.05, 0.1) is 0 Å². The van der Waals surface area contributed by atoms with E-state index in [2.05, 4.69) is 9.98 Å². The van der Waals surface area contributed by atoms with E-state index in [-0.39, 0.29) is 23.4 Å². The third-order valence-electron chi connectivity index (χ3n) is 3.82. The first-order valence-corrected chi connectivity index (χ1v) is 8.17. The molecule has 10 heteroatoms. The molecule has 28 heavy (non-hydrogen) atoms. The van der Waals surface area contributed by atoms with Gasteiger partial charge in [0.2, 0.25) is 6.23 Å². The molecule has 2 atom stereocenters. The molecule has 0 spiro atoms. The lowest BCUT2D eigenvalue weighted by molar-refractivity contribution is 0.0248. The Hall–Kier alpha value is -4.08. The summed E-state index contributed by atoms with van der Waals surface area (Å²) in [6, 6.07) is 9.47. The quantitative estimate of drug-likeness (QED) is 0.249. The first-order chi connectivity index (χ1) is 13.3. The smallest absolute Gasteiger partial charge is 0.234 e. The van der Waals surface area contributed by atoms with E-state index in [1.54, 1.807) is 30.3 Å². The minimum absolute atomic E-state index is 0.0546. The summed E-state index contributed by atoms with van der Waals surface area (Å²) < 4.78 is 11.9. The molecule has 0 saturated heterocycles. The predicted molar refractivity (Wildman–Crippen MR) is 105 cm³/mol. The number of rotatable bonds is 4. The Morgan fingerprint density at radius 1 is 0.893 bits per heavy atom. The third kappa shape index (κ3) is 4.18. The molecule has 0 fully saturated rings. The zero-order valence-electron chi connectivity index (χ0n) is 14.7. The molecule has 1 heterocycles. The van der Waals surface area contributed by atoms with E-state index in [1.807, 2.05) is 0 Å². The van der Waals surface area contributed by atoms with Crippen LogP contribution in [0.25, 0.3) is 6.08 Å². The molecule has 10 nitrogen and oxygen atoms in total. The van der Waals surface area contributed by atoms with Crippen molar-refractivity contribution in [3.05, 3.63) is 53.7 Å². The highest BCUT2D eigenvalue weighted by atomic mass is 16.6. The average molecular weight is 384 g/mol. The van der Waals surface area contributed by atoms with Crippen molar-refractivity contribution in [3.8, 4) is 23.0 Å².